The number of hydrogen-bond donors (Lipinski definition) is 1. The molecule has 4 rings (SSSR count). The molecule has 0 amide bonds. The molecule has 134 valence electrons. The van der Waals surface area contributed by atoms with Crippen molar-refractivity contribution >= 4 is 16.7 Å². The van der Waals surface area contributed by atoms with E-state index in [9.17, 15) is 4.79 Å². The van der Waals surface area contributed by atoms with Gasteiger partial charge in [-0.2, -0.15) is 0 Å². The largest absolute Gasteiger partial charge is 0.464 e. The third kappa shape index (κ3) is 3.13. The van der Waals surface area contributed by atoms with Crippen molar-refractivity contribution in [1.29, 1.82) is 0 Å². The Kier molecular flexibility index (Phi) is 4.51. The van der Waals surface area contributed by atoms with Crippen molar-refractivity contribution in [2.75, 3.05) is 31.1 Å². The van der Waals surface area contributed by atoms with Crippen LogP contribution in [0.4, 0.5) is 5.69 Å². The van der Waals surface area contributed by atoms with Crippen LogP contribution in [-0.2, 0) is 6.54 Å². The summed E-state index contributed by atoms with van der Waals surface area (Å²) in [7, 11) is 0. The summed E-state index contributed by atoms with van der Waals surface area (Å²) >= 11 is 0. The lowest BCUT2D eigenvalue weighted by Crippen LogP contribution is -3.13. The summed E-state index contributed by atoms with van der Waals surface area (Å²) in [6.45, 7) is 9.17. The third-order valence-electron chi connectivity index (χ3n) is 5.58. The molecule has 1 aromatic heterocycles. The van der Waals surface area contributed by atoms with Crippen LogP contribution in [0.15, 0.2) is 57.9 Å². The van der Waals surface area contributed by atoms with E-state index in [1.807, 2.05) is 24.3 Å². The topological polar surface area (TPSA) is 37.9 Å². The molecule has 4 nitrogen and oxygen atoms in total. The molecule has 0 atom stereocenters. The fraction of sp³-hybridized carbons (Fsp3) is 0.318. The van der Waals surface area contributed by atoms with Crippen molar-refractivity contribution in [3.8, 4) is 0 Å². The molecule has 3 aromatic rings. The van der Waals surface area contributed by atoms with Gasteiger partial charge < -0.3 is 14.2 Å². The number of nitrogens with zero attached hydrogens (tertiary/aromatic N) is 1. The van der Waals surface area contributed by atoms with Crippen molar-refractivity contribution in [3.63, 3.8) is 0 Å². The fourth-order valence-electron chi connectivity index (χ4n) is 3.83. The highest BCUT2D eigenvalue weighted by Gasteiger charge is 2.23. The zero-order chi connectivity index (χ0) is 18.1. The number of para-hydroxylation sites is 1. The van der Waals surface area contributed by atoms with Gasteiger partial charge in [-0.1, -0.05) is 24.3 Å². The van der Waals surface area contributed by atoms with Crippen LogP contribution in [0.5, 0.6) is 0 Å². The van der Waals surface area contributed by atoms with Crippen LogP contribution in [0.3, 0.4) is 0 Å². The zero-order valence-electron chi connectivity index (χ0n) is 15.4. The number of benzene rings is 2. The van der Waals surface area contributed by atoms with Crippen LogP contribution in [0, 0.1) is 13.8 Å². The quantitative estimate of drug-likeness (QED) is 0.789. The van der Waals surface area contributed by atoms with Gasteiger partial charge in [-0.3, -0.25) is 4.79 Å². The van der Waals surface area contributed by atoms with E-state index in [2.05, 4.69) is 36.9 Å². The van der Waals surface area contributed by atoms with E-state index in [-0.39, 0.29) is 5.43 Å². The minimum Gasteiger partial charge on any atom is -0.464 e. The summed E-state index contributed by atoms with van der Waals surface area (Å²) < 4.78 is 5.66. The molecule has 1 saturated heterocycles. The first-order valence-corrected chi connectivity index (χ1v) is 9.27. The van der Waals surface area contributed by atoms with E-state index in [4.69, 9.17) is 4.42 Å². The first kappa shape index (κ1) is 16.9. The van der Waals surface area contributed by atoms with Crippen molar-refractivity contribution in [3.05, 3.63) is 75.6 Å². The van der Waals surface area contributed by atoms with Crippen LogP contribution in [0.1, 0.15) is 16.7 Å². The second-order valence-electron chi connectivity index (χ2n) is 7.22. The Bertz CT molecular complexity index is 985. The molecule has 0 bridgehead atoms. The average molecular weight is 349 g/mol. The number of hydrogen-bond acceptors (Lipinski definition) is 3. The lowest BCUT2D eigenvalue weighted by Gasteiger charge is -2.34. The zero-order valence-corrected chi connectivity index (χ0v) is 15.4. The Labute approximate surface area is 153 Å². The van der Waals surface area contributed by atoms with Crippen LogP contribution in [0.2, 0.25) is 0 Å². The Morgan fingerprint density at radius 1 is 1.04 bits per heavy atom. The monoisotopic (exact) mass is 349 g/mol. The number of rotatable bonds is 3. The maximum absolute atomic E-state index is 12.7. The summed E-state index contributed by atoms with van der Waals surface area (Å²) in [4.78, 5) is 16.6. The number of piperazine rings is 1. The number of anilines is 1. The first-order valence-electron chi connectivity index (χ1n) is 9.27. The van der Waals surface area contributed by atoms with Gasteiger partial charge in [-0.25, -0.2) is 0 Å². The summed E-state index contributed by atoms with van der Waals surface area (Å²) in [6, 6.07) is 14.0. The molecule has 1 aliphatic rings. The van der Waals surface area contributed by atoms with E-state index in [0.717, 1.165) is 38.3 Å². The SMILES string of the molecule is Cc1cccc(N2CC[NH+](Cc3coc4ccccc4c3=O)CC2)c1C. The van der Waals surface area contributed by atoms with E-state index < -0.39 is 0 Å². The average Bonchev–Trinajstić information content (AvgIpc) is 2.67. The van der Waals surface area contributed by atoms with Gasteiger partial charge in [0.15, 0.2) is 0 Å². The fourth-order valence-corrected chi connectivity index (χ4v) is 3.83. The standard InChI is InChI=1S/C22H24N2O2/c1-16-6-5-8-20(17(16)2)24-12-10-23(11-13-24)14-18-15-26-21-9-4-3-7-19(21)22(18)25/h3-9,15H,10-14H2,1-2H3/p+1. The predicted octanol–water partition coefficient (Wildman–Crippen LogP) is 2.31. The maximum atomic E-state index is 12.7. The minimum absolute atomic E-state index is 0.108. The Hall–Kier alpha value is -2.59. The Morgan fingerprint density at radius 3 is 2.62 bits per heavy atom. The minimum atomic E-state index is 0.108. The van der Waals surface area contributed by atoms with Crippen molar-refractivity contribution in [2.24, 2.45) is 0 Å². The number of quaternary nitrogens is 1. The number of fused-ring (bicyclic) bond motifs is 1. The van der Waals surface area contributed by atoms with Gasteiger partial charge in [0, 0.05) is 5.69 Å². The second-order valence-corrected chi connectivity index (χ2v) is 7.22. The highest BCUT2D eigenvalue weighted by atomic mass is 16.3. The third-order valence-corrected chi connectivity index (χ3v) is 5.58. The van der Waals surface area contributed by atoms with Crippen LogP contribution in [-0.4, -0.2) is 26.2 Å². The lowest BCUT2D eigenvalue weighted by molar-refractivity contribution is -0.914. The predicted molar refractivity (Wildman–Crippen MR) is 105 cm³/mol. The van der Waals surface area contributed by atoms with Crippen LogP contribution in [0.25, 0.3) is 11.0 Å². The summed E-state index contributed by atoms with van der Waals surface area (Å²) in [5.41, 5.74) is 5.60. The van der Waals surface area contributed by atoms with Crippen molar-refractivity contribution in [2.45, 2.75) is 20.4 Å². The molecule has 0 radical (unpaired) electrons. The smallest absolute Gasteiger partial charge is 0.201 e. The lowest BCUT2D eigenvalue weighted by atomic mass is 10.1. The first-order chi connectivity index (χ1) is 12.6. The molecule has 26 heavy (non-hydrogen) atoms. The number of aryl methyl sites for hydroxylation is 1. The summed E-state index contributed by atoms with van der Waals surface area (Å²) in [5, 5.41) is 0.679. The molecule has 2 aromatic carbocycles. The molecule has 0 spiro atoms. The van der Waals surface area contributed by atoms with Gasteiger partial charge in [-0.05, 0) is 43.2 Å². The molecule has 1 aliphatic heterocycles. The van der Waals surface area contributed by atoms with Gasteiger partial charge in [0.2, 0.25) is 5.43 Å². The van der Waals surface area contributed by atoms with Crippen LogP contribution >= 0.6 is 0 Å². The highest BCUT2D eigenvalue weighted by molar-refractivity contribution is 5.76. The van der Waals surface area contributed by atoms with Crippen molar-refractivity contribution < 1.29 is 9.32 Å². The second kappa shape index (κ2) is 6.96. The molecule has 0 unspecified atom stereocenters. The molecule has 1 N–H and O–H groups in total. The number of nitrogens with one attached hydrogen (secondary N) is 1. The molecule has 4 heteroatoms. The van der Waals surface area contributed by atoms with Gasteiger partial charge in [-0.15, -0.1) is 0 Å². The molecule has 0 aliphatic carbocycles. The van der Waals surface area contributed by atoms with Crippen LogP contribution < -0.4 is 15.2 Å². The molecule has 2 heterocycles. The molecule has 1 fully saturated rings. The van der Waals surface area contributed by atoms with E-state index in [1.54, 1.807) is 6.26 Å². The van der Waals surface area contributed by atoms with E-state index in [1.165, 1.54) is 21.7 Å². The molecule has 0 saturated carbocycles. The van der Waals surface area contributed by atoms with Gasteiger partial charge in [0.25, 0.3) is 0 Å². The van der Waals surface area contributed by atoms with Gasteiger partial charge >= 0.3 is 0 Å². The van der Waals surface area contributed by atoms with Gasteiger partial charge in [0.05, 0.1) is 37.1 Å². The highest BCUT2D eigenvalue weighted by Crippen LogP contribution is 2.22. The van der Waals surface area contributed by atoms with Crippen molar-refractivity contribution in [1.82, 2.24) is 0 Å². The molecular weight excluding hydrogens is 324 g/mol. The Morgan fingerprint density at radius 2 is 1.81 bits per heavy atom. The van der Waals surface area contributed by atoms with E-state index >= 15 is 0 Å². The Balaban J connectivity index is 1.47. The normalized spacial score (nSPS) is 15.5. The molecular formula is C22H25N2O2+. The summed E-state index contributed by atoms with van der Waals surface area (Å²) in [5.74, 6) is 0. The van der Waals surface area contributed by atoms with Gasteiger partial charge in [0.1, 0.15) is 18.4 Å². The maximum Gasteiger partial charge on any atom is 0.201 e. The summed E-state index contributed by atoms with van der Waals surface area (Å²) in [6.07, 6.45) is 1.65. The van der Waals surface area contributed by atoms with E-state index in [0.29, 0.717) is 11.0 Å².